The summed E-state index contributed by atoms with van der Waals surface area (Å²) in [7, 11) is -4.27. The number of amides is 2. The van der Waals surface area contributed by atoms with Crippen molar-refractivity contribution in [1.29, 1.82) is 0 Å². The van der Waals surface area contributed by atoms with Gasteiger partial charge in [-0.15, -0.1) is 0 Å². The third kappa shape index (κ3) is 9.68. The molecule has 1 aromatic carbocycles. The minimum Gasteiger partial charge on any atom is -0.443 e. The molecule has 0 radical (unpaired) electrons. The number of hydrogen-bond acceptors (Lipinski definition) is 8. The Morgan fingerprint density at radius 3 is 2.15 bits per heavy atom. The molecule has 0 N–H and O–H groups in total. The Kier molecular flexibility index (Phi) is 11.6. The van der Waals surface area contributed by atoms with Gasteiger partial charge < -0.3 is 18.3 Å². The number of hydrogen-bond donors (Lipinski definition) is 0. The lowest BCUT2D eigenvalue weighted by molar-refractivity contribution is -0.385. The van der Waals surface area contributed by atoms with Crippen LogP contribution in [0.4, 0.5) is 10.5 Å². The zero-order valence-corrected chi connectivity index (χ0v) is 32.5. The van der Waals surface area contributed by atoms with Crippen molar-refractivity contribution in [2.75, 3.05) is 6.61 Å². The van der Waals surface area contributed by atoms with Crippen molar-refractivity contribution in [1.82, 2.24) is 4.90 Å². The maximum absolute atomic E-state index is 13.7. The largest absolute Gasteiger partial charge is 0.443 e. The Hall–Kier alpha value is -2.72. The molecule has 2 heterocycles. The highest BCUT2D eigenvalue weighted by molar-refractivity contribution is 6.74. The predicted octanol–water partition coefficient (Wildman–Crippen LogP) is 8.01. The lowest BCUT2D eigenvalue weighted by atomic mass is 9.95. The van der Waals surface area contributed by atoms with Crippen LogP contribution in [0.1, 0.15) is 74.3 Å². The number of nitro benzene ring substituents is 1. The van der Waals surface area contributed by atoms with Crippen LogP contribution in [0.25, 0.3) is 0 Å². The Morgan fingerprint density at radius 1 is 1.02 bits per heavy atom. The Bertz CT molecular complexity index is 1390. The first kappa shape index (κ1) is 38.7. The van der Waals surface area contributed by atoms with Gasteiger partial charge >= 0.3 is 6.09 Å². The lowest BCUT2D eigenvalue weighted by Crippen LogP contribution is -2.48. The zero-order valence-electron chi connectivity index (χ0n) is 30.5. The van der Waals surface area contributed by atoms with Crippen molar-refractivity contribution in [3.8, 4) is 0 Å². The average molecular weight is 690 g/mol. The number of benzene rings is 1. The summed E-state index contributed by atoms with van der Waals surface area (Å²) in [5.41, 5.74) is -0.714. The van der Waals surface area contributed by atoms with Gasteiger partial charge in [-0.05, 0) is 63.1 Å². The topological polar surface area (TPSA) is 130 Å². The molecule has 0 aliphatic carbocycles. The number of ether oxygens (including phenoxy) is 2. The molecule has 11 nitrogen and oxygen atoms in total. The van der Waals surface area contributed by atoms with Gasteiger partial charge in [0, 0.05) is 18.1 Å². The number of amidine groups is 1. The van der Waals surface area contributed by atoms with E-state index in [9.17, 15) is 19.7 Å². The summed E-state index contributed by atoms with van der Waals surface area (Å²) in [6.45, 7) is 27.3. The number of nitrogens with zero attached hydrogens (tertiary/aromatic N) is 3. The molecule has 3 rings (SSSR count). The number of dihydropyridines is 1. The van der Waals surface area contributed by atoms with E-state index in [0.29, 0.717) is 13.0 Å². The standard InChI is InChI=1S/C34H55N3O8Si2/c1-32(2,3)44-31(39)36(21-23-16-14-15-17-25(23)37(40)41)29-19-18-24(30(38)35-29)26-20-27(45-47(12,13)34(7,8)9)28(43-26)22-42-46(10,11)33(4,5)6/h14-19,24,26-28H,20-22H2,1-13H3/t24?,26-,27?,28+/m0/s1. The van der Waals surface area contributed by atoms with E-state index in [1.807, 2.05) is 0 Å². The van der Waals surface area contributed by atoms with Crippen molar-refractivity contribution < 1.29 is 32.8 Å². The van der Waals surface area contributed by atoms with Crippen LogP contribution in [0.15, 0.2) is 41.4 Å². The predicted molar refractivity (Wildman–Crippen MR) is 188 cm³/mol. The van der Waals surface area contributed by atoms with Crippen LogP contribution in [-0.2, 0) is 29.7 Å². The molecular weight excluding hydrogens is 635 g/mol. The molecule has 262 valence electrons. The molecule has 2 aliphatic rings. The molecule has 2 aliphatic heterocycles. The fraction of sp³-hybridized carbons (Fsp3) is 0.676. The van der Waals surface area contributed by atoms with Crippen molar-refractivity contribution in [2.24, 2.45) is 10.9 Å². The summed E-state index contributed by atoms with van der Waals surface area (Å²) in [5.74, 6) is -1.13. The van der Waals surface area contributed by atoms with Gasteiger partial charge in [0.05, 0.1) is 36.2 Å². The van der Waals surface area contributed by atoms with Crippen LogP contribution in [0, 0.1) is 16.0 Å². The number of para-hydroxylation sites is 1. The fourth-order valence-electron chi connectivity index (χ4n) is 4.79. The highest BCUT2D eigenvalue weighted by Crippen LogP contribution is 2.42. The van der Waals surface area contributed by atoms with Crippen molar-refractivity contribution in [3.63, 3.8) is 0 Å². The second-order valence-electron chi connectivity index (χ2n) is 16.6. The van der Waals surface area contributed by atoms with E-state index in [2.05, 4.69) is 72.7 Å². The molecular formula is C34H55N3O8Si2. The molecule has 2 unspecified atom stereocenters. The number of aliphatic imine (C=N–C) groups is 1. The summed E-state index contributed by atoms with van der Waals surface area (Å²) in [5, 5.41) is 11.7. The van der Waals surface area contributed by atoms with Crippen LogP contribution in [0.2, 0.25) is 36.3 Å². The van der Waals surface area contributed by atoms with Gasteiger partial charge in [0.25, 0.3) is 11.6 Å². The van der Waals surface area contributed by atoms with Crippen LogP contribution in [-0.4, -0.2) is 74.8 Å². The number of nitro groups is 1. The summed E-state index contributed by atoms with van der Waals surface area (Å²) < 4.78 is 25.6. The lowest BCUT2D eigenvalue weighted by Gasteiger charge is -2.40. The SMILES string of the molecule is CC(C)(C)OC(=O)N(Cc1ccccc1[N+](=O)[O-])C1=NC(=O)C([C@@H]2CC(O[Si](C)(C)C(C)(C)C)[C@@H](CO[Si](C)(C)C(C)(C)C)O2)C=C1. The Balaban J connectivity index is 1.89. The van der Waals surface area contributed by atoms with Gasteiger partial charge in [0.15, 0.2) is 16.6 Å². The molecule has 0 aromatic heterocycles. The smallest absolute Gasteiger partial charge is 0.416 e. The first-order valence-electron chi connectivity index (χ1n) is 16.3. The molecule has 0 bridgehead atoms. The summed E-state index contributed by atoms with van der Waals surface area (Å²) >= 11 is 0. The van der Waals surface area contributed by atoms with E-state index in [1.54, 1.807) is 51.1 Å². The van der Waals surface area contributed by atoms with Gasteiger partial charge in [0.2, 0.25) is 0 Å². The summed E-state index contributed by atoms with van der Waals surface area (Å²) in [6.07, 6.45) is 1.91. The maximum Gasteiger partial charge on any atom is 0.416 e. The normalized spacial score (nSPS) is 22.7. The average Bonchev–Trinajstić information content (AvgIpc) is 3.29. The molecule has 0 saturated carbocycles. The van der Waals surface area contributed by atoms with Crippen LogP contribution in [0.3, 0.4) is 0 Å². The minimum atomic E-state index is -2.19. The van der Waals surface area contributed by atoms with E-state index < -0.39 is 51.2 Å². The number of rotatable bonds is 9. The highest BCUT2D eigenvalue weighted by Gasteiger charge is 2.48. The molecule has 13 heteroatoms. The van der Waals surface area contributed by atoms with Crippen molar-refractivity contribution >= 4 is 40.2 Å². The quantitative estimate of drug-likeness (QED) is 0.145. The zero-order chi connectivity index (χ0) is 35.8. The first-order chi connectivity index (χ1) is 21.3. The Morgan fingerprint density at radius 2 is 1.62 bits per heavy atom. The van der Waals surface area contributed by atoms with Crippen LogP contribution >= 0.6 is 0 Å². The van der Waals surface area contributed by atoms with Gasteiger partial charge in [-0.1, -0.05) is 65.8 Å². The maximum atomic E-state index is 13.7. The molecule has 47 heavy (non-hydrogen) atoms. The third-order valence-electron chi connectivity index (χ3n) is 9.67. The second kappa shape index (κ2) is 14.0. The molecule has 1 fully saturated rings. The molecule has 1 aromatic rings. The number of carbonyl (C=O) groups is 2. The van der Waals surface area contributed by atoms with Gasteiger partial charge in [-0.3, -0.25) is 19.8 Å². The van der Waals surface area contributed by atoms with E-state index >= 15 is 0 Å². The Labute approximate surface area is 282 Å². The van der Waals surface area contributed by atoms with E-state index in [-0.39, 0.29) is 45.9 Å². The third-order valence-corrected chi connectivity index (χ3v) is 18.7. The second-order valence-corrected chi connectivity index (χ2v) is 26.1. The fourth-order valence-corrected chi connectivity index (χ4v) is 7.16. The van der Waals surface area contributed by atoms with E-state index in [0.717, 1.165) is 4.90 Å². The highest BCUT2D eigenvalue weighted by atomic mass is 28.4. The van der Waals surface area contributed by atoms with Crippen LogP contribution < -0.4 is 0 Å². The van der Waals surface area contributed by atoms with Crippen molar-refractivity contribution in [3.05, 3.63) is 52.1 Å². The van der Waals surface area contributed by atoms with Gasteiger partial charge in [0.1, 0.15) is 17.5 Å². The summed E-state index contributed by atoms with van der Waals surface area (Å²) in [4.78, 5) is 43.7. The van der Waals surface area contributed by atoms with Gasteiger partial charge in [-0.25, -0.2) is 4.79 Å². The van der Waals surface area contributed by atoms with Gasteiger partial charge in [-0.2, -0.15) is 4.99 Å². The van der Waals surface area contributed by atoms with Crippen molar-refractivity contribution in [2.45, 2.75) is 135 Å². The van der Waals surface area contributed by atoms with Crippen LogP contribution in [0.5, 0.6) is 0 Å². The molecule has 0 spiro atoms. The number of carbonyl (C=O) groups excluding carboxylic acids is 2. The first-order valence-corrected chi connectivity index (χ1v) is 22.2. The monoisotopic (exact) mass is 689 g/mol. The minimum absolute atomic E-state index is 0.0192. The molecule has 2 amide bonds. The van der Waals surface area contributed by atoms with E-state index in [1.165, 1.54) is 6.07 Å². The molecule has 1 saturated heterocycles. The molecule has 4 atom stereocenters. The summed E-state index contributed by atoms with van der Waals surface area (Å²) in [6, 6.07) is 6.14. The van der Waals surface area contributed by atoms with E-state index in [4.69, 9.17) is 18.3 Å².